The van der Waals surface area contributed by atoms with E-state index < -0.39 is 0 Å². The molecular weight excluding hydrogens is 196 g/mol. The van der Waals surface area contributed by atoms with Crippen LogP contribution in [0.3, 0.4) is 0 Å². The number of hydrogen-bond acceptors (Lipinski definition) is 2. The van der Waals surface area contributed by atoms with Crippen molar-refractivity contribution < 1.29 is 0 Å². The highest BCUT2D eigenvalue weighted by atomic mass is 15.1. The number of rotatable bonds is 6. The molecule has 2 N–H and O–H groups in total. The standard InChI is InChI=1S/C14H24N2/c1-4-10-16(5-2)11-12(3)13-6-8-14(15)9-7-13/h6-9,12H,4-5,10-11,15H2,1-3H3. The van der Waals surface area contributed by atoms with Gasteiger partial charge in [0.15, 0.2) is 0 Å². The van der Waals surface area contributed by atoms with Gasteiger partial charge in [0.05, 0.1) is 0 Å². The first-order chi connectivity index (χ1) is 7.67. The predicted molar refractivity (Wildman–Crippen MR) is 71.7 cm³/mol. The summed E-state index contributed by atoms with van der Waals surface area (Å²) in [6, 6.07) is 8.25. The molecule has 1 aromatic carbocycles. The molecule has 0 aliphatic rings. The lowest BCUT2D eigenvalue weighted by Gasteiger charge is -2.24. The van der Waals surface area contributed by atoms with Gasteiger partial charge in [-0.2, -0.15) is 0 Å². The summed E-state index contributed by atoms with van der Waals surface area (Å²) in [4.78, 5) is 2.50. The van der Waals surface area contributed by atoms with E-state index in [1.54, 1.807) is 0 Å². The molecule has 1 unspecified atom stereocenters. The third-order valence-electron chi connectivity index (χ3n) is 3.02. The second-order valence-corrected chi connectivity index (χ2v) is 4.46. The minimum absolute atomic E-state index is 0.576. The van der Waals surface area contributed by atoms with Gasteiger partial charge in [0, 0.05) is 12.2 Å². The monoisotopic (exact) mass is 220 g/mol. The molecule has 0 saturated heterocycles. The Hall–Kier alpha value is -1.02. The van der Waals surface area contributed by atoms with Crippen LogP contribution in [-0.2, 0) is 0 Å². The van der Waals surface area contributed by atoms with Gasteiger partial charge < -0.3 is 10.6 Å². The fourth-order valence-corrected chi connectivity index (χ4v) is 2.01. The largest absolute Gasteiger partial charge is 0.399 e. The van der Waals surface area contributed by atoms with E-state index in [1.807, 2.05) is 12.1 Å². The number of likely N-dealkylation sites (N-methyl/N-ethyl adjacent to an activating group) is 1. The van der Waals surface area contributed by atoms with Gasteiger partial charge >= 0.3 is 0 Å². The van der Waals surface area contributed by atoms with Crippen LogP contribution in [0.1, 0.15) is 38.7 Å². The average molecular weight is 220 g/mol. The van der Waals surface area contributed by atoms with E-state index in [9.17, 15) is 0 Å². The minimum Gasteiger partial charge on any atom is -0.399 e. The van der Waals surface area contributed by atoms with Crippen LogP contribution in [0.15, 0.2) is 24.3 Å². The van der Waals surface area contributed by atoms with Crippen LogP contribution in [-0.4, -0.2) is 24.5 Å². The molecule has 0 aliphatic heterocycles. The molecule has 0 amide bonds. The highest BCUT2D eigenvalue weighted by molar-refractivity contribution is 5.40. The first kappa shape index (κ1) is 13.0. The Morgan fingerprint density at radius 2 is 1.81 bits per heavy atom. The third-order valence-corrected chi connectivity index (χ3v) is 3.02. The zero-order valence-electron chi connectivity index (χ0n) is 10.7. The lowest BCUT2D eigenvalue weighted by Crippen LogP contribution is -2.28. The molecule has 0 heterocycles. The Kier molecular flexibility index (Phi) is 5.33. The van der Waals surface area contributed by atoms with Gasteiger partial charge in [0.1, 0.15) is 0 Å². The van der Waals surface area contributed by atoms with Gasteiger partial charge in [-0.15, -0.1) is 0 Å². The zero-order chi connectivity index (χ0) is 12.0. The molecule has 0 aromatic heterocycles. The first-order valence-corrected chi connectivity index (χ1v) is 6.25. The van der Waals surface area contributed by atoms with Gasteiger partial charge in [0.25, 0.3) is 0 Å². The van der Waals surface area contributed by atoms with Crippen LogP contribution in [0.25, 0.3) is 0 Å². The summed E-state index contributed by atoms with van der Waals surface area (Å²) in [6.07, 6.45) is 1.22. The average Bonchev–Trinajstić information content (AvgIpc) is 2.29. The number of nitrogen functional groups attached to an aromatic ring is 1. The molecule has 2 heteroatoms. The molecule has 0 bridgehead atoms. The molecule has 90 valence electrons. The van der Waals surface area contributed by atoms with Crippen molar-refractivity contribution in [2.45, 2.75) is 33.1 Å². The number of hydrogen-bond donors (Lipinski definition) is 1. The Morgan fingerprint density at radius 3 is 2.31 bits per heavy atom. The van der Waals surface area contributed by atoms with E-state index in [1.165, 1.54) is 18.5 Å². The summed E-state index contributed by atoms with van der Waals surface area (Å²) in [5.74, 6) is 0.576. The molecule has 1 rings (SSSR count). The molecular formula is C14H24N2. The molecule has 2 nitrogen and oxygen atoms in total. The second-order valence-electron chi connectivity index (χ2n) is 4.46. The maximum Gasteiger partial charge on any atom is 0.0314 e. The Morgan fingerprint density at radius 1 is 1.19 bits per heavy atom. The van der Waals surface area contributed by atoms with Crippen molar-refractivity contribution in [2.75, 3.05) is 25.4 Å². The minimum atomic E-state index is 0.576. The van der Waals surface area contributed by atoms with Crippen molar-refractivity contribution in [1.29, 1.82) is 0 Å². The van der Waals surface area contributed by atoms with Crippen molar-refractivity contribution in [3.05, 3.63) is 29.8 Å². The quantitative estimate of drug-likeness (QED) is 0.746. The van der Waals surface area contributed by atoms with Crippen LogP contribution < -0.4 is 5.73 Å². The molecule has 0 saturated carbocycles. The van der Waals surface area contributed by atoms with Gasteiger partial charge in [-0.3, -0.25) is 0 Å². The smallest absolute Gasteiger partial charge is 0.0314 e. The summed E-state index contributed by atoms with van der Waals surface area (Å²) in [5.41, 5.74) is 7.91. The highest BCUT2D eigenvalue weighted by Gasteiger charge is 2.09. The fourth-order valence-electron chi connectivity index (χ4n) is 2.01. The van der Waals surface area contributed by atoms with E-state index in [0.717, 1.165) is 18.8 Å². The number of anilines is 1. The van der Waals surface area contributed by atoms with Crippen LogP contribution in [0.2, 0.25) is 0 Å². The van der Waals surface area contributed by atoms with E-state index in [0.29, 0.717) is 5.92 Å². The van der Waals surface area contributed by atoms with Crippen LogP contribution in [0.5, 0.6) is 0 Å². The summed E-state index contributed by atoms with van der Waals surface area (Å²) in [7, 11) is 0. The topological polar surface area (TPSA) is 29.3 Å². The molecule has 0 radical (unpaired) electrons. The molecule has 0 spiro atoms. The predicted octanol–water partition coefficient (Wildman–Crippen LogP) is 3.10. The Labute approximate surface area is 99.5 Å². The van der Waals surface area contributed by atoms with E-state index in [4.69, 9.17) is 5.73 Å². The molecule has 16 heavy (non-hydrogen) atoms. The summed E-state index contributed by atoms with van der Waals surface area (Å²) < 4.78 is 0. The third kappa shape index (κ3) is 3.86. The summed E-state index contributed by atoms with van der Waals surface area (Å²) in [5, 5.41) is 0. The van der Waals surface area contributed by atoms with Crippen molar-refractivity contribution in [2.24, 2.45) is 0 Å². The second kappa shape index (κ2) is 6.54. The Bertz CT molecular complexity index is 292. The summed E-state index contributed by atoms with van der Waals surface area (Å²) >= 11 is 0. The summed E-state index contributed by atoms with van der Waals surface area (Å²) in [6.45, 7) is 10.2. The number of benzene rings is 1. The first-order valence-electron chi connectivity index (χ1n) is 6.25. The van der Waals surface area contributed by atoms with Crippen molar-refractivity contribution in [3.63, 3.8) is 0 Å². The fraction of sp³-hybridized carbons (Fsp3) is 0.571. The Balaban J connectivity index is 2.56. The lowest BCUT2D eigenvalue weighted by molar-refractivity contribution is 0.274. The van der Waals surface area contributed by atoms with Crippen molar-refractivity contribution in [3.8, 4) is 0 Å². The van der Waals surface area contributed by atoms with E-state index in [2.05, 4.69) is 37.8 Å². The highest BCUT2D eigenvalue weighted by Crippen LogP contribution is 2.18. The van der Waals surface area contributed by atoms with Crippen LogP contribution in [0, 0.1) is 0 Å². The van der Waals surface area contributed by atoms with Gasteiger partial charge in [-0.25, -0.2) is 0 Å². The van der Waals surface area contributed by atoms with Crippen LogP contribution >= 0.6 is 0 Å². The number of nitrogens with two attached hydrogens (primary N) is 1. The maximum absolute atomic E-state index is 5.69. The van der Waals surface area contributed by atoms with Gasteiger partial charge in [-0.05, 0) is 43.1 Å². The SMILES string of the molecule is CCCN(CC)CC(C)c1ccc(N)cc1. The van der Waals surface area contributed by atoms with Gasteiger partial charge in [-0.1, -0.05) is 32.9 Å². The molecule has 0 fully saturated rings. The van der Waals surface area contributed by atoms with E-state index in [-0.39, 0.29) is 0 Å². The van der Waals surface area contributed by atoms with E-state index >= 15 is 0 Å². The molecule has 0 aliphatic carbocycles. The zero-order valence-corrected chi connectivity index (χ0v) is 10.7. The normalized spacial score (nSPS) is 13.0. The maximum atomic E-state index is 5.69. The molecule has 1 aromatic rings. The van der Waals surface area contributed by atoms with Crippen molar-refractivity contribution in [1.82, 2.24) is 4.90 Å². The van der Waals surface area contributed by atoms with Gasteiger partial charge in [0.2, 0.25) is 0 Å². The van der Waals surface area contributed by atoms with Crippen molar-refractivity contribution >= 4 is 5.69 Å². The number of nitrogens with zero attached hydrogens (tertiary/aromatic N) is 1. The lowest BCUT2D eigenvalue weighted by atomic mass is 10.0. The van der Waals surface area contributed by atoms with Crippen LogP contribution in [0.4, 0.5) is 5.69 Å². The molecule has 1 atom stereocenters.